The third-order valence-corrected chi connectivity index (χ3v) is 3.81. The molecule has 120 valence electrons. The van der Waals surface area contributed by atoms with Crippen molar-refractivity contribution >= 4 is 35.0 Å². The highest BCUT2D eigenvalue weighted by Crippen LogP contribution is 2.28. The topological polar surface area (TPSA) is 94.6 Å². The summed E-state index contributed by atoms with van der Waals surface area (Å²) in [7, 11) is 0. The summed E-state index contributed by atoms with van der Waals surface area (Å²) in [6, 6.07) is 12.1. The van der Waals surface area contributed by atoms with E-state index in [9.17, 15) is 4.79 Å². The van der Waals surface area contributed by atoms with Gasteiger partial charge in [0.2, 0.25) is 0 Å². The number of pyridine rings is 1. The summed E-state index contributed by atoms with van der Waals surface area (Å²) in [6.07, 6.45) is 6.93. The predicted molar refractivity (Wildman–Crippen MR) is 95.5 cm³/mol. The lowest BCUT2D eigenvalue weighted by Gasteiger charge is -2.16. The summed E-state index contributed by atoms with van der Waals surface area (Å²) in [5, 5.41) is 14.4. The number of carbonyl (C=O) groups excluding carboxylic acids is 1. The second-order valence-corrected chi connectivity index (χ2v) is 5.38. The molecule has 2 N–H and O–H groups in total. The third kappa shape index (κ3) is 2.72. The number of nitriles is 1. The first-order valence-corrected chi connectivity index (χ1v) is 7.52. The van der Waals surface area contributed by atoms with Crippen molar-refractivity contribution in [2.45, 2.75) is 0 Å². The molecule has 1 aliphatic heterocycles. The van der Waals surface area contributed by atoms with Crippen LogP contribution >= 0.6 is 0 Å². The Morgan fingerprint density at radius 1 is 1.12 bits per heavy atom. The summed E-state index contributed by atoms with van der Waals surface area (Å²) in [4.78, 5) is 20.7. The van der Waals surface area contributed by atoms with Crippen LogP contribution in [0.3, 0.4) is 0 Å². The Kier molecular flexibility index (Phi) is 3.48. The molecule has 0 saturated heterocycles. The van der Waals surface area contributed by atoms with Crippen LogP contribution < -0.4 is 10.6 Å². The number of carbonyl (C=O) groups is 1. The number of imidazole rings is 1. The summed E-state index contributed by atoms with van der Waals surface area (Å²) in [5.74, 6) is 0.587. The van der Waals surface area contributed by atoms with Gasteiger partial charge < -0.3 is 5.32 Å². The number of allylic oxidation sites excluding steroid dienone is 1. The van der Waals surface area contributed by atoms with E-state index in [1.807, 2.05) is 24.3 Å². The summed E-state index contributed by atoms with van der Waals surface area (Å²) in [6.45, 7) is 0. The lowest BCUT2D eigenvalue weighted by molar-refractivity contribution is 0.262. The zero-order valence-corrected chi connectivity index (χ0v) is 13.0. The molecule has 3 heterocycles. The van der Waals surface area contributed by atoms with E-state index in [0.29, 0.717) is 17.1 Å². The first kappa shape index (κ1) is 14.7. The molecule has 2 amide bonds. The largest absolute Gasteiger partial charge is 0.324 e. The lowest BCUT2D eigenvalue weighted by Crippen LogP contribution is -2.22. The van der Waals surface area contributed by atoms with Crippen LogP contribution in [0, 0.1) is 11.3 Å². The average molecular weight is 328 g/mol. The van der Waals surface area contributed by atoms with Crippen molar-refractivity contribution in [1.29, 1.82) is 5.26 Å². The molecule has 0 bridgehead atoms. The normalized spacial score (nSPS) is 12.2. The lowest BCUT2D eigenvalue weighted by atomic mass is 10.1. The minimum atomic E-state index is -0.393. The number of aromatic nitrogens is 2. The second kappa shape index (κ2) is 5.94. The van der Waals surface area contributed by atoms with E-state index < -0.39 is 6.03 Å². The van der Waals surface area contributed by atoms with Gasteiger partial charge in [0.25, 0.3) is 0 Å². The molecule has 0 spiro atoms. The minimum Gasteiger partial charge on any atom is -0.308 e. The molecular formula is C18H12N6O. The van der Waals surface area contributed by atoms with Gasteiger partial charge in [0.05, 0.1) is 29.0 Å². The van der Waals surface area contributed by atoms with Crippen LogP contribution in [0.15, 0.2) is 60.0 Å². The zero-order chi connectivity index (χ0) is 17.2. The number of amides is 2. The molecule has 0 radical (unpaired) electrons. The monoisotopic (exact) mass is 328 g/mol. The third-order valence-electron chi connectivity index (χ3n) is 3.81. The first-order chi connectivity index (χ1) is 12.2. The van der Waals surface area contributed by atoms with Crippen LogP contribution in [0.1, 0.15) is 11.1 Å². The minimum absolute atomic E-state index is 0.393. The van der Waals surface area contributed by atoms with Crippen LogP contribution in [0.4, 0.5) is 16.3 Å². The molecule has 25 heavy (non-hydrogen) atoms. The van der Waals surface area contributed by atoms with E-state index in [1.54, 1.807) is 47.4 Å². The van der Waals surface area contributed by atoms with Gasteiger partial charge >= 0.3 is 6.03 Å². The highest BCUT2D eigenvalue weighted by Gasteiger charge is 2.16. The highest BCUT2D eigenvalue weighted by molar-refractivity contribution is 6.04. The summed E-state index contributed by atoms with van der Waals surface area (Å²) < 4.78 is 1.79. The molecular weight excluding hydrogens is 316 g/mol. The summed E-state index contributed by atoms with van der Waals surface area (Å²) >= 11 is 0. The smallest absolute Gasteiger partial charge is 0.308 e. The molecule has 7 heteroatoms. The SMILES string of the molecule is N#Cc1ccc(NC(=O)Nc2c(C3=CC=N3)ccc3cncn23)cc1. The van der Waals surface area contributed by atoms with Crippen molar-refractivity contribution in [3.05, 3.63) is 66.1 Å². The molecule has 0 fully saturated rings. The fraction of sp³-hybridized carbons (Fsp3) is 0. The number of anilines is 2. The van der Waals surface area contributed by atoms with Gasteiger partial charge in [-0.05, 0) is 42.5 Å². The fourth-order valence-corrected chi connectivity index (χ4v) is 2.53. The second-order valence-electron chi connectivity index (χ2n) is 5.38. The Hall–Kier alpha value is -3.92. The van der Waals surface area contributed by atoms with Gasteiger partial charge in [-0.2, -0.15) is 5.26 Å². The van der Waals surface area contributed by atoms with Crippen LogP contribution in [-0.2, 0) is 0 Å². The molecule has 0 aliphatic carbocycles. The maximum absolute atomic E-state index is 12.4. The standard InChI is InChI=1S/C18H12N6O/c19-9-12-1-3-13(4-2-12)22-18(25)23-17-15(16-7-8-21-16)6-5-14-10-20-11-24(14)17/h1-8,10-11H,(H2,22,23,25). The Labute approximate surface area is 143 Å². The molecule has 0 atom stereocenters. The number of fused-ring (bicyclic) bond motifs is 1. The van der Waals surface area contributed by atoms with Gasteiger partial charge in [-0.1, -0.05) is 0 Å². The van der Waals surface area contributed by atoms with Gasteiger partial charge in [-0.25, -0.2) is 9.78 Å². The van der Waals surface area contributed by atoms with Crippen molar-refractivity contribution in [3.63, 3.8) is 0 Å². The number of aliphatic imine (C=N–C) groups is 1. The van der Waals surface area contributed by atoms with Gasteiger partial charge in [0, 0.05) is 17.5 Å². The maximum atomic E-state index is 12.4. The molecule has 3 aromatic rings. The van der Waals surface area contributed by atoms with E-state index >= 15 is 0 Å². The quantitative estimate of drug-likeness (QED) is 0.772. The van der Waals surface area contributed by atoms with Crippen molar-refractivity contribution in [2.75, 3.05) is 10.6 Å². The number of benzene rings is 1. The Morgan fingerprint density at radius 3 is 2.60 bits per heavy atom. The predicted octanol–water partition coefficient (Wildman–Crippen LogP) is 3.28. The van der Waals surface area contributed by atoms with Crippen LogP contribution in [-0.4, -0.2) is 21.6 Å². The molecule has 0 unspecified atom stereocenters. The van der Waals surface area contributed by atoms with E-state index in [2.05, 4.69) is 20.6 Å². The molecule has 1 aromatic carbocycles. The Balaban J connectivity index is 1.61. The Morgan fingerprint density at radius 2 is 1.92 bits per heavy atom. The van der Waals surface area contributed by atoms with Gasteiger partial charge in [0.1, 0.15) is 12.1 Å². The fourth-order valence-electron chi connectivity index (χ4n) is 2.53. The van der Waals surface area contributed by atoms with Crippen LogP contribution in [0.5, 0.6) is 0 Å². The van der Waals surface area contributed by atoms with Crippen molar-refractivity contribution < 1.29 is 4.79 Å². The van der Waals surface area contributed by atoms with Gasteiger partial charge in [-0.15, -0.1) is 0 Å². The van der Waals surface area contributed by atoms with Gasteiger partial charge in [0.15, 0.2) is 0 Å². The number of urea groups is 1. The number of hydrogen-bond donors (Lipinski definition) is 2. The molecule has 0 saturated carbocycles. The number of nitrogens with one attached hydrogen (secondary N) is 2. The zero-order valence-electron chi connectivity index (χ0n) is 13.0. The molecule has 2 aromatic heterocycles. The Bertz CT molecular complexity index is 1070. The average Bonchev–Trinajstić information content (AvgIpc) is 3.05. The van der Waals surface area contributed by atoms with Gasteiger partial charge in [-0.3, -0.25) is 14.7 Å². The molecule has 1 aliphatic rings. The highest BCUT2D eigenvalue weighted by atomic mass is 16.2. The molecule has 4 rings (SSSR count). The first-order valence-electron chi connectivity index (χ1n) is 7.52. The van der Waals surface area contributed by atoms with Crippen LogP contribution in [0.2, 0.25) is 0 Å². The van der Waals surface area contributed by atoms with Crippen molar-refractivity contribution in [2.24, 2.45) is 4.99 Å². The van der Waals surface area contributed by atoms with E-state index in [0.717, 1.165) is 16.8 Å². The maximum Gasteiger partial charge on any atom is 0.324 e. The summed E-state index contributed by atoms with van der Waals surface area (Å²) in [5.41, 5.74) is 3.59. The van der Waals surface area contributed by atoms with E-state index in [4.69, 9.17) is 5.26 Å². The van der Waals surface area contributed by atoms with Crippen molar-refractivity contribution in [1.82, 2.24) is 9.38 Å². The van der Waals surface area contributed by atoms with Crippen LogP contribution in [0.25, 0.3) is 11.2 Å². The number of nitrogens with zero attached hydrogens (tertiary/aromatic N) is 4. The van der Waals surface area contributed by atoms with Crippen molar-refractivity contribution in [3.8, 4) is 6.07 Å². The van der Waals surface area contributed by atoms with E-state index in [-0.39, 0.29) is 0 Å². The number of rotatable bonds is 3. The van der Waals surface area contributed by atoms with E-state index in [1.165, 1.54) is 0 Å². The number of hydrogen-bond acceptors (Lipinski definition) is 4. The molecule has 7 nitrogen and oxygen atoms in total.